The molecule has 108 valence electrons. The fraction of sp³-hybridized carbons (Fsp3) is 0.133. The molecule has 2 nitrogen and oxygen atoms in total. The second kappa shape index (κ2) is 5.07. The molecule has 0 radical (unpaired) electrons. The highest BCUT2D eigenvalue weighted by Crippen LogP contribution is 2.30. The number of fused-ring (bicyclic) bond motifs is 1. The van der Waals surface area contributed by atoms with Gasteiger partial charge in [0, 0.05) is 12.6 Å². The van der Waals surface area contributed by atoms with Crippen LogP contribution in [0.4, 0.5) is 13.2 Å². The van der Waals surface area contributed by atoms with Crippen LogP contribution in [0.25, 0.3) is 5.52 Å². The van der Waals surface area contributed by atoms with Gasteiger partial charge < -0.3 is 4.40 Å². The average Bonchev–Trinajstić information content (AvgIpc) is 2.81. The quantitative estimate of drug-likeness (QED) is 0.676. The van der Waals surface area contributed by atoms with E-state index in [2.05, 4.69) is 4.98 Å². The molecule has 3 rings (SSSR count). The first kappa shape index (κ1) is 13.9. The molecule has 6 heteroatoms. The van der Waals surface area contributed by atoms with Crippen molar-refractivity contribution in [1.82, 2.24) is 9.38 Å². The number of pyridine rings is 1. The van der Waals surface area contributed by atoms with Gasteiger partial charge in [-0.05, 0) is 23.8 Å². The first-order valence-electron chi connectivity index (χ1n) is 6.21. The number of benzene rings is 1. The number of hydrogen-bond acceptors (Lipinski definition) is 1. The largest absolute Gasteiger partial charge is 0.416 e. The molecular formula is C15H10ClF3N2. The number of aromatic nitrogens is 2. The maximum Gasteiger partial charge on any atom is 0.416 e. The number of imidazole rings is 1. The predicted octanol–water partition coefficient (Wildman–Crippen LogP) is 4.60. The van der Waals surface area contributed by atoms with Crippen molar-refractivity contribution in [3.05, 3.63) is 70.8 Å². The smallest absolute Gasteiger partial charge is 0.302 e. The van der Waals surface area contributed by atoms with E-state index < -0.39 is 11.7 Å². The van der Waals surface area contributed by atoms with Gasteiger partial charge in [0.15, 0.2) is 0 Å². The highest BCUT2D eigenvalue weighted by Gasteiger charge is 2.30. The van der Waals surface area contributed by atoms with Gasteiger partial charge in [-0.25, -0.2) is 4.98 Å². The van der Waals surface area contributed by atoms with Crippen molar-refractivity contribution in [3.63, 3.8) is 0 Å². The highest BCUT2D eigenvalue weighted by atomic mass is 35.5. The molecule has 3 aromatic rings. The molecule has 0 amide bonds. The normalized spacial score (nSPS) is 12.0. The molecular weight excluding hydrogens is 301 g/mol. The van der Waals surface area contributed by atoms with Crippen molar-refractivity contribution in [1.29, 1.82) is 0 Å². The zero-order valence-corrected chi connectivity index (χ0v) is 11.5. The molecule has 21 heavy (non-hydrogen) atoms. The second-order valence-electron chi connectivity index (χ2n) is 4.69. The summed E-state index contributed by atoms with van der Waals surface area (Å²) in [5, 5.41) is 0.547. The summed E-state index contributed by atoms with van der Waals surface area (Å²) in [6.45, 7) is 0. The molecule has 0 N–H and O–H groups in total. The summed E-state index contributed by atoms with van der Waals surface area (Å²) in [6.07, 6.45) is -0.668. The van der Waals surface area contributed by atoms with E-state index >= 15 is 0 Å². The topological polar surface area (TPSA) is 17.3 Å². The van der Waals surface area contributed by atoms with E-state index in [9.17, 15) is 13.2 Å². The Morgan fingerprint density at radius 1 is 1.14 bits per heavy atom. The minimum atomic E-state index is -4.34. The van der Waals surface area contributed by atoms with Crippen LogP contribution in [-0.2, 0) is 12.6 Å². The van der Waals surface area contributed by atoms with Crippen molar-refractivity contribution in [2.75, 3.05) is 0 Å². The van der Waals surface area contributed by atoms with E-state index in [0.717, 1.165) is 17.6 Å². The van der Waals surface area contributed by atoms with Crippen LogP contribution in [0.1, 0.15) is 17.0 Å². The lowest BCUT2D eigenvalue weighted by atomic mass is 10.1. The molecule has 2 aromatic heterocycles. The number of halogens is 4. The Hall–Kier alpha value is -2.01. The maximum absolute atomic E-state index is 12.7. The molecule has 0 unspecified atom stereocenters. The number of rotatable bonds is 2. The summed E-state index contributed by atoms with van der Waals surface area (Å²) in [6, 6.07) is 8.81. The summed E-state index contributed by atoms with van der Waals surface area (Å²) in [7, 11) is 0. The Labute approximate surface area is 123 Å². The minimum absolute atomic E-state index is 0.304. The van der Waals surface area contributed by atoms with Gasteiger partial charge >= 0.3 is 6.18 Å². The van der Waals surface area contributed by atoms with Gasteiger partial charge in [0.2, 0.25) is 0 Å². The summed E-state index contributed by atoms with van der Waals surface area (Å²) in [5.41, 5.74) is 0.748. The van der Waals surface area contributed by atoms with E-state index in [4.69, 9.17) is 11.6 Å². The fourth-order valence-corrected chi connectivity index (χ4v) is 2.35. The van der Waals surface area contributed by atoms with Gasteiger partial charge in [-0.15, -0.1) is 0 Å². The van der Waals surface area contributed by atoms with Crippen LogP contribution in [0.15, 0.2) is 48.8 Å². The van der Waals surface area contributed by atoms with Crippen LogP contribution in [0, 0.1) is 0 Å². The first-order valence-corrected chi connectivity index (χ1v) is 6.59. The third-order valence-electron chi connectivity index (χ3n) is 3.18. The van der Waals surface area contributed by atoms with Gasteiger partial charge in [-0.2, -0.15) is 13.2 Å². The molecule has 0 bridgehead atoms. The Balaban J connectivity index is 1.97. The van der Waals surface area contributed by atoms with Crippen LogP contribution < -0.4 is 0 Å². The van der Waals surface area contributed by atoms with Gasteiger partial charge in [0.1, 0.15) is 5.82 Å². The average molecular weight is 311 g/mol. The van der Waals surface area contributed by atoms with Crippen molar-refractivity contribution in [3.8, 4) is 0 Å². The predicted molar refractivity (Wildman–Crippen MR) is 74.5 cm³/mol. The van der Waals surface area contributed by atoms with Gasteiger partial charge in [-0.1, -0.05) is 29.8 Å². The lowest BCUT2D eigenvalue weighted by molar-refractivity contribution is -0.137. The third kappa shape index (κ3) is 2.88. The molecule has 0 aliphatic heterocycles. The molecule has 0 fully saturated rings. The molecule has 0 aliphatic rings. The van der Waals surface area contributed by atoms with E-state index in [-0.39, 0.29) is 0 Å². The van der Waals surface area contributed by atoms with E-state index in [1.54, 1.807) is 28.9 Å². The van der Waals surface area contributed by atoms with Crippen LogP contribution in [-0.4, -0.2) is 9.38 Å². The van der Waals surface area contributed by atoms with E-state index in [1.807, 2.05) is 6.07 Å². The highest BCUT2D eigenvalue weighted by molar-refractivity contribution is 6.30. The van der Waals surface area contributed by atoms with Crippen LogP contribution in [0.5, 0.6) is 0 Å². The number of nitrogens with zero attached hydrogens (tertiary/aromatic N) is 2. The Morgan fingerprint density at radius 3 is 2.71 bits per heavy atom. The molecule has 0 spiro atoms. The lowest BCUT2D eigenvalue weighted by Gasteiger charge is -2.08. The maximum atomic E-state index is 12.7. The zero-order valence-electron chi connectivity index (χ0n) is 10.7. The van der Waals surface area contributed by atoms with Crippen molar-refractivity contribution in [2.45, 2.75) is 12.6 Å². The lowest BCUT2D eigenvalue weighted by Crippen LogP contribution is -2.06. The van der Waals surface area contributed by atoms with Crippen molar-refractivity contribution in [2.24, 2.45) is 0 Å². The van der Waals surface area contributed by atoms with Gasteiger partial charge in [-0.3, -0.25) is 0 Å². The summed E-state index contributed by atoms with van der Waals surface area (Å²) >= 11 is 5.94. The first-order chi connectivity index (χ1) is 9.93. The third-order valence-corrected chi connectivity index (χ3v) is 3.41. The van der Waals surface area contributed by atoms with Gasteiger partial charge in [0.25, 0.3) is 0 Å². The Morgan fingerprint density at radius 2 is 1.95 bits per heavy atom. The number of alkyl halides is 3. The molecule has 0 saturated heterocycles. The molecule has 1 aromatic carbocycles. The monoisotopic (exact) mass is 310 g/mol. The standard InChI is InChI=1S/C15H10ClF3N2/c16-12-4-5-13-8-20-14(21(13)9-12)7-10-2-1-3-11(6-10)15(17,18)19/h1-6,8-9H,7H2. The van der Waals surface area contributed by atoms with E-state index in [1.165, 1.54) is 6.07 Å². The zero-order chi connectivity index (χ0) is 15.0. The SMILES string of the molecule is FC(F)(F)c1cccc(Cc2ncc3ccc(Cl)cn23)c1. The fourth-order valence-electron chi connectivity index (χ4n) is 2.19. The molecule has 0 atom stereocenters. The van der Waals surface area contributed by atoms with Crippen molar-refractivity contribution >= 4 is 17.1 Å². The minimum Gasteiger partial charge on any atom is -0.302 e. The molecule has 0 aliphatic carbocycles. The van der Waals surface area contributed by atoms with Crippen LogP contribution >= 0.6 is 11.6 Å². The second-order valence-corrected chi connectivity index (χ2v) is 5.13. The number of hydrogen-bond donors (Lipinski definition) is 0. The Kier molecular flexibility index (Phi) is 3.37. The van der Waals surface area contributed by atoms with Crippen molar-refractivity contribution < 1.29 is 13.2 Å². The van der Waals surface area contributed by atoms with Crippen LogP contribution in [0.3, 0.4) is 0 Å². The van der Waals surface area contributed by atoms with E-state index in [0.29, 0.717) is 22.8 Å². The Bertz CT molecular complexity index is 793. The molecule has 2 heterocycles. The summed E-state index contributed by atoms with van der Waals surface area (Å²) < 4.78 is 39.9. The summed E-state index contributed by atoms with van der Waals surface area (Å²) in [5.74, 6) is 0.645. The van der Waals surface area contributed by atoms with Crippen LogP contribution in [0.2, 0.25) is 5.02 Å². The summed E-state index contributed by atoms with van der Waals surface area (Å²) in [4.78, 5) is 4.25. The molecule has 0 saturated carbocycles. The van der Waals surface area contributed by atoms with Gasteiger partial charge in [0.05, 0.1) is 22.3 Å².